The van der Waals surface area contributed by atoms with Crippen LogP contribution in [0.15, 0.2) is 18.2 Å². The number of carbonyl (C=O) groups is 2. The third-order valence-corrected chi connectivity index (χ3v) is 4.46. The minimum Gasteiger partial charge on any atom is -0.329 e. The molecule has 0 bridgehead atoms. The Morgan fingerprint density at radius 1 is 1.24 bits per heavy atom. The molecule has 2 unspecified atom stereocenters. The van der Waals surface area contributed by atoms with Crippen LogP contribution in [0.3, 0.4) is 0 Å². The van der Waals surface area contributed by atoms with Gasteiger partial charge in [-0.15, -0.1) is 0 Å². The summed E-state index contributed by atoms with van der Waals surface area (Å²) < 4.78 is 14.1. The van der Waals surface area contributed by atoms with Crippen molar-refractivity contribution < 1.29 is 14.0 Å². The van der Waals surface area contributed by atoms with Crippen molar-refractivity contribution in [3.05, 3.63) is 29.0 Å². The summed E-state index contributed by atoms with van der Waals surface area (Å²) in [4.78, 5) is 28.1. The molecule has 2 atom stereocenters. The smallest absolute Gasteiger partial charge is 0.250 e. The number of carbonyl (C=O) groups excluding carboxylic acids is 2. The highest BCUT2D eigenvalue weighted by Gasteiger charge is 2.45. The molecule has 2 aliphatic rings. The quantitative estimate of drug-likeness (QED) is 0.800. The van der Waals surface area contributed by atoms with Crippen LogP contribution in [0.25, 0.3) is 0 Å². The van der Waals surface area contributed by atoms with Gasteiger partial charge < -0.3 is 4.90 Å². The molecule has 0 radical (unpaired) electrons. The molecule has 1 aromatic rings. The largest absolute Gasteiger partial charge is 0.329 e. The SMILES string of the molecule is CC1C(=O)N2CCCCC2C(=O)N1c1cc(Cl)ccc1F. The Bertz CT molecular complexity index is 607. The van der Waals surface area contributed by atoms with E-state index in [9.17, 15) is 14.0 Å². The Kier molecular flexibility index (Phi) is 3.61. The summed E-state index contributed by atoms with van der Waals surface area (Å²) in [5, 5.41) is 0.338. The lowest BCUT2D eigenvalue weighted by molar-refractivity contribution is -0.147. The van der Waals surface area contributed by atoms with E-state index in [0.717, 1.165) is 12.8 Å². The molecule has 0 aromatic heterocycles. The summed E-state index contributed by atoms with van der Waals surface area (Å²) in [6.07, 6.45) is 2.45. The van der Waals surface area contributed by atoms with Crippen molar-refractivity contribution >= 4 is 29.1 Å². The summed E-state index contributed by atoms with van der Waals surface area (Å²) in [7, 11) is 0. The number of hydrogen-bond donors (Lipinski definition) is 0. The number of halogens is 2. The van der Waals surface area contributed by atoms with E-state index >= 15 is 0 Å². The number of piperazine rings is 1. The van der Waals surface area contributed by atoms with Crippen molar-refractivity contribution in [2.45, 2.75) is 38.3 Å². The van der Waals surface area contributed by atoms with Crippen LogP contribution in [0.5, 0.6) is 0 Å². The van der Waals surface area contributed by atoms with Crippen molar-refractivity contribution in [3.63, 3.8) is 0 Å². The van der Waals surface area contributed by atoms with Crippen LogP contribution in [0.4, 0.5) is 10.1 Å². The number of benzene rings is 1. The molecule has 2 amide bonds. The number of fused-ring (bicyclic) bond motifs is 1. The number of anilines is 1. The van der Waals surface area contributed by atoms with Crippen molar-refractivity contribution in [2.75, 3.05) is 11.4 Å². The van der Waals surface area contributed by atoms with Crippen LogP contribution in [0.1, 0.15) is 26.2 Å². The molecule has 3 rings (SSSR count). The first-order valence-electron chi connectivity index (χ1n) is 7.09. The second kappa shape index (κ2) is 5.30. The van der Waals surface area contributed by atoms with Gasteiger partial charge >= 0.3 is 0 Å². The Labute approximate surface area is 127 Å². The fourth-order valence-corrected chi connectivity index (χ4v) is 3.32. The van der Waals surface area contributed by atoms with E-state index in [1.54, 1.807) is 11.8 Å². The first-order valence-corrected chi connectivity index (χ1v) is 7.47. The first-order chi connectivity index (χ1) is 10.0. The predicted octanol–water partition coefficient (Wildman–Crippen LogP) is 2.60. The van der Waals surface area contributed by atoms with E-state index in [2.05, 4.69) is 0 Å². The van der Waals surface area contributed by atoms with Gasteiger partial charge in [0.1, 0.15) is 17.9 Å². The second-order valence-electron chi connectivity index (χ2n) is 5.52. The van der Waals surface area contributed by atoms with Gasteiger partial charge in [-0.05, 0) is 44.4 Å². The molecule has 2 heterocycles. The maximum absolute atomic E-state index is 14.1. The van der Waals surface area contributed by atoms with E-state index in [1.807, 2.05) is 0 Å². The first kappa shape index (κ1) is 14.3. The molecule has 1 aromatic carbocycles. The zero-order valence-electron chi connectivity index (χ0n) is 11.7. The molecule has 2 fully saturated rings. The topological polar surface area (TPSA) is 40.6 Å². The Balaban J connectivity index is 2.03. The molecule has 0 saturated carbocycles. The molecule has 0 N–H and O–H groups in total. The van der Waals surface area contributed by atoms with Crippen LogP contribution in [0, 0.1) is 5.82 Å². The van der Waals surface area contributed by atoms with Crippen LogP contribution in [-0.2, 0) is 9.59 Å². The van der Waals surface area contributed by atoms with Gasteiger partial charge in [-0.25, -0.2) is 4.39 Å². The van der Waals surface area contributed by atoms with Gasteiger partial charge in [0.2, 0.25) is 5.91 Å². The second-order valence-corrected chi connectivity index (χ2v) is 5.96. The summed E-state index contributed by atoms with van der Waals surface area (Å²) in [6, 6.07) is 2.86. The van der Waals surface area contributed by atoms with Gasteiger partial charge in [0.05, 0.1) is 5.69 Å². The van der Waals surface area contributed by atoms with E-state index in [4.69, 9.17) is 11.6 Å². The van der Waals surface area contributed by atoms with Crippen LogP contribution in [0.2, 0.25) is 5.02 Å². The molecular weight excluding hydrogens is 295 g/mol. The Morgan fingerprint density at radius 2 is 2.00 bits per heavy atom. The van der Waals surface area contributed by atoms with E-state index in [-0.39, 0.29) is 17.5 Å². The van der Waals surface area contributed by atoms with Gasteiger partial charge in [-0.1, -0.05) is 11.6 Å². The highest BCUT2D eigenvalue weighted by molar-refractivity contribution is 6.31. The van der Waals surface area contributed by atoms with Crippen molar-refractivity contribution in [1.29, 1.82) is 0 Å². The lowest BCUT2D eigenvalue weighted by Gasteiger charge is -2.46. The maximum atomic E-state index is 14.1. The van der Waals surface area contributed by atoms with Crippen LogP contribution in [-0.4, -0.2) is 35.3 Å². The van der Waals surface area contributed by atoms with E-state index < -0.39 is 17.9 Å². The molecule has 112 valence electrons. The lowest BCUT2D eigenvalue weighted by atomic mass is 9.95. The summed E-state index contributed by atoms with van der Waals surface area (Å²) in [5.74, 6) is -0.890. The number of nitrogens with zero attached hydrogens (tertiary/aromatic N) is 2. The number of piperidine rings is 1. The molecule has 4 nitrogen and oxygen atoms in total. The Morgan fingerprint density at radius 3 is 2.76 bits per heavy atom. The molecule has 0 spiro atoms. The molecule has 21 heavy (non-hydrogen) atoms. The van der Waals surface area contributed by atoms with Gasteiger partial charge in [-0.3, -0.25) is 14.5 Å². The molecular formula is C15H16ClFN2O2. The van der Waals surface area contributed by atoms with Crippen LogP contribution < -0.4 is 4.90 Å². The fourth-order valence-electron chi connectivity index (χ4n) is 3.15. The summed E-state index contributed by atoms with van der Waals surface area (Å²) in [5.41, 5.74) is 0.0820. The molecule has 6 heteroatoms. The number of rotatable bonds is 1. The van der Waals surface area contributed by atoms with E-state index in [0.29, 0.717) is 18.0 Å². The zero-order valence-corrected chi connectivity index (χ0v) is 12.4. The highest BCUT2D eigenvalue weighted by atomic mass is 35.5. The van der Waals surface area contributed by atoms with Crippen molar-refractivity contribution in [3.8, 4) is 0 Å². The average molecular weight is 311 g/mol. The van der Waals surface area contributed by atoms with E-state index in [1.165, 1.54) is 23.1 Å². The van der Waals surface area contributed by atoms with Gasteiger partial charge in [0.25, 0.3) is 5.91 Å². The maximum Gasteiger partial charge on any atom is 0.250 e. The highest BCUT2D eigenvalue weighted by Crippen LogP contribution is 2.32. The summed E-state index contributed by atoms with van der Waals surface area (Å²) in [6.45, 7) is 2.23. The number of amides is 2. The Hall–Kier alpha value is -1.62. The van der Waals surface area contributed by atoms with Gasteiger partial charge in [0.15, 0.2) is 0 Å². The monoisotopic (exact) mass is 310 g/mol. The van der Waals surface area contributed by atoms with Crippen LogP contribution >= 0.6 is 11.6 Å². The molecule has 0 aliphatic carbocycles. The van der Waals surface area contributed by atoms with Crippen molar-refractivity contribution in [2.24, 2.45) is 0 Å². The minimum absolute atomic E-state index is 0.0820. The third-order valence-electron chi connectivity index (χ3n) is 4.22. The predicted molar refractivity (Wildman–Crippen MR) is 77.7 cm³/mol. The van der Waals surface area contributed by atoms with Crippen molar-refractivity contribution in [1.82, 2.24) is 4.90 Å². The zero-order chi connectivity index (χ0) is 15.1. The summed E-state index contributed by atoms with van der Waals surface area (Å²) >= 11 is 5.91. The normalized spacial score (nSPS) is 26.0. The standard InChI is InChI=1S/C15H16ClFN2O2/c1-9-14(20)18-7-3-2-4-12(18)15(21)19(9)13-8-10(16)5-6-11(13)17/h5-6,8-9,12H,2-4,7H2,1H3. The number of hydrogen-bond acceptors (Lipinski definition) is 2. The molecule has 2 aliphatic heterocycles. The third kappa shape index (κ3) is 2.29. The average Bonchev–Trinajstić information content (AvgIpc) is 2.49. The fraction of sp³-hybridized carbons (Fsp3) is 0.467. The molecule has 2 saturated heterocycles. The van der Waals surface area contributed by atoms with Gasteiger partial charge in [0, 0.05) is 11.6 Å². The van der Waals surface area contributed by atoms with Gasteiger partial charge in [-0.2, -0.15) is 0 Å². The minimum atomic E-state index is -0.709. The lowest BCUT2D eigenvalue weighted by Crippen LogP contribution is -2.65.